The number of unbranched alkanes of at least 4 members (excludes halogenated alkanes) is 1. The van der Waals surface area contributed by atoms with Crippen LogP contribution in [0.25, 0.3) is 0 Å². The van der Waals surface area contributed by atoms with Crippen LogP contribution in [0.5, 0.6) is 0 Å². The van der Waals surface area contributed by atoms with Gasteiger partial charge in [-0.1, -0.05) is 19.4 Å². The Balaban J connectivity index is 2.05. The van der Waals surface area contributed by atoms with Crippen LogP contribution < -0.4 is 4.72 Å². The number of hydrogen-bond donors (Lipinski definition) is 1. The van der Waals surface area contributed by atoms with Gasteiger partial charge in [0.1, 0.15) is 0 Å². The van der Waals surface area contributed by atoms with Crippen molar-refractivity contribution in [1.29, 1.82) is 0 Å². The molecular weight excluding hydrogens is 302 g/mol. The molecule has 6 nitrogen and oxygen atoms in total. The summed E-state index contributed by atoms with van der Waals surface area (Å²) in [5.74, 6) is 0.187. The van der Waals surface area contributed by atoms with E-state index in [1.807, 2.05) is 19.1 Å². The summed E-state index contributed by atoms with van der Waals surface area (Å²) < 4.78 is 32.2. The number of rotatable bonds is 8. The topological polar surface area (TPSA) is 71.5 Å². The first-order chi connectivity index (χ1) is 10.6. The molecule has 0 amide bonds. The van der Waals surface area contributed by atoms with Gasteiger partial charge in [-0.15, -0.1) is 0 Å². The second-order valence-corrected chi connectivity index (χ2v) is 7.40. The lowest BCUT2D eigenvalue weighted by Crippen LogP contribution is -2.44. The van der Waals surface area contributed by atoms with E-state index in [0.717, 1.165) is 25.1 Å². The highest BCUT2D eigenvalue weighted by atomic mass is 32.2. The minimum Gasteiger partial charge on any atom is -0.379 e. The van der Waals surface area contributed by atoms with E-state index in [-0.39, 0.29) is 11.8 Å². The molecule has 0 radical (unpaired) electrons. The summed E-state index contributed by atoms with van der Waals surface area (Å²) in [6.07, 6.45) is 5.09. The van der Waals surface area contributed by atoms with Gasteiger partial charge in [0.2, 0.25) is 10.0 Å². The van der Waals surface area contributed by atoms with E-state index in [1.54, 1.807) is 12.4 Å². The molecule has 1 aliphatic heterocycles. The Morgan fingerprint density at radius 1 is 1.41 bits per heavy atom. The molecule has 1 aromatic rings. The standard InChI is InChI=1S/C15H25N3O3S/c1-2-3-11-22(19,20)17-13-15(14-5-4-6-16-12-14)18-7-9-21-10-8-18/h4-6,12,15,17H,2-3,7-11,13H2,1H3. The fraction of sp³-hybridized carbons (Fsp3) is 0.667. The van der Waals surface area contributed by atoms with Crippen molar-refractivity contribution in [3.8, 4) is 0 Å². The molecule has 1 aliphatic rings. The van der Waals surface area contributed by atoms with E-state index in [4.69, 9.17) is 4.74 Å². The summed E-state index contributed by atoms with van der Waals surface area (Å²) in [6.45, 7) is 5.32. The molecule has 2 heterocycles. The summed E-state index contributed by atoms with van der Waals surface area (Å²) in [6, 6.07) is 3.87. The van der Waals surface area contributed by atoms with E-state index in [0.29, 0.717) is 26.2 Å². The Morgan fingerprint density at radius 2 is 2.18 bits per heavy atom. The maximum Gasteiger partial charge on any atom is 0.211 e. The van der Waals surface area contributed by atoms with Crippen LogP contribution in [0.3, 0.4) is 0 Å². The quantitative estimate of drug-likeness (QED) is 0.776. The van der Waals surface area contributed by atoms with E-state index in [2.05, 4.69) is 14.6 Å². The van der Waals surface area contributed by atoms with Crippen molar-refractivity contribution in [2.75, 3.05) is 38.6 Å². The third-order valence-electron chi connectivity index (χ3n) is 3.82. The highest BCUT2D eigenvalue weighted by molar-refractivity contribution is 7.89. The molecule has 0 spiro atoms. The van der Waals surface area contributed by atoms with E-state index in [1.165, 1.54) is 0 Å². The Morgan fingerprint density at radius 3 is 2.82 bits per heavy atom. The molecule has 1 unspecified atom stereocenters. The van der Waals surface area contributed by atoms with Crippen LogP contribution in [0.1, 0.15) is 31.4 Å². The minimum atomic E-state index is -3.21. The van der Waals surface area contributed by atoms with Crippen LogP contribution >= 0.6 is 0 Å². The predicted molar refractivity (Wildman–Crippen MR) is 86.1 cm³/mol. The Hall–Kier alpha value is -1.02. The van der Waals surface area contributed by atoms with Gasteiger partial charge >= 0.3 is 0 Å². The average Bonchev–Trinajstić information content (AvgIpc) is 2.55. The van der Waals surface area contributed by atoms with Crippen molar-refractivity contribution in [1.82, 2.24) is 14.6 Å². The maximum atomic E-state index is 12.0. The van der Waals surface area contributed by atoms with Gasteiger partial charge in [0.15, 0.2) is 0 Å². The number of aromatic nitrogens is 1. The van der Waals surface area contributed by atoms with Crippen LogP contribution in [0.2, 0.25) is 0 Å². The molecule has 1 atom stereocenters. The van der Waals surface area contributed by atoms with Crippen molar-refractivity contribution < 1.29 is 13.2 Å². The summed E-state index contributed by atoms with van der Waals surface area (Å²) in [5, 5.41) is 0. The lowest BCUT2D eigenvalue weighted by molar-refractivity contribution is 0.0171. The van der Waals surface area contributed by atoms with Gasteiger partial charge in [0, 0.05) is 32.0 Å². The average molecular weight is 327 g/mol. The molecule has 124 valence electrons. The van der Waals surface area contributed by atoms with Crippen molar-refractivity contribution in [2.24, 2.45) is 0 Å². The van der Waals surface area contributed by atoms with Gasteiger partial charge in [0.25, 0.3) is 0 Å². The van der Waals surface area contributed by atoms with Crippen molar-refractivity contribution in [2.45, 2.75) is 25.8 Å². The smallest absolute Gasteiger partial charge is 0.211 e. The largest absolute Gasteiger partial charge is 0.379 e. The zero-order chi connectivity index (χ0) is 15.8. The predicted octanol–water partition coefficient (Wildman–Crippen LogP) is 1.17. The first-order valence-electron chi connectivity index (χ1n) is 7.81. The molecule has 1 saturated heterocycles. The van der Waals surface area contributed by atoms with Crippen LogP contribution in [-0.4, -0.2) is 56.9 Å². The molecule has 0 bridgehead atoms. The van der Waals surface area contributed by atoms with E-state index >= 15 is 0 Å². The first-order valence-corrected chi connectivity index (χ1v) is 9.46. The molecule has 1 N–H and O–H groups in total. The molecule has 0 aromatic carbocycles. The molecule has 0 aliphatic carbocycles. The second kappa shape index (κ2) is 8.57. The van der Waals surface area contributed by atoms with Crippen molar-refractivity contribution in [3.63, 3.8) is 0 Å². The number of nitrogens with one attached hydrogen (secondary N) is 1. The molecule has 22 heavy (non-hydrogen) atoms. The molecule has 2 rings (SSSR count). The fourth-order valence-corrected chi connectivity index (χ4v) is 3.76. The Bertz CT molecular complexity index is 530. The summed E-state index contributed by atoms with van der Waals surface area (Å²) in [5.41, 5.74) is 1.03. The van der Waals surface area contributed by atoms with Gasteiger partial charge in [0.05, 0.1) is 25.0 Å². The van der Waals surface area contributed by atoms with Gasteiger partial charge in [-0.05, 0) is 18.1 Å². The zero-order valence-electron chi connectivity index (χ0n) is 13.1. The second-order valence-electron chi connectivity index (χ2n) is 5.47. The first kappa shape index (κ1) is 17.3. The van der Waals surface area contributed by atoms with Gasteiger partial charge in [-0.25, -0.2) is 13.1 Å². The third kappa shape index (κ3) is 5.31. The number of nitrogens with zero attached hydrogens (tertiary/aromatic N) is 2. The fourth-order valence-electron chi connectivity index (χ4n) is 2.53. The minimum absolute atomic E-state index is 0.00555. The van der Waals surface area contributed by atoms with Gasteiger partial charge < -0.3 is 4.74 Å². The van der Waals surface area contributed by atoms with Gasteiger partial charge in [-0.3, -0.25) is 9.88 Å². The number of ether oxygens (including phenoxy) is 1. The molecule has 1 aromatic heterocycles. The number of pyridine rings is 1. The zero-order valence-corrected chi connectivity index (χ0v) is 13.9. The summed E-state index contributed by atoms with van der Waals surface area (Å²) >= 11 is 0. The lowest BCUT2D eigenvalue weighted by Gasteiger charge is -2.34. The SMILES string of the molecule is CCCCS(=O)(=O)NCC(c1cccnc1)N1CCOCC1. The summed E-state index contributed by atoms with van der Waals surface area (Å²) in [4.78, 5) is 6.41. The van der Waals surface area contributed by atoms with Crippen molar-refractivity contribution in [3.05, 3.63) is 30.1 Å². The molecule has 7 heteroatoms. The third-order valence-corrected chi connectivity index (χ3v) is 5.25. The number of morpholine rings is 1. The number of sulfonamides is 1. The Labute approximate surface area is 132 Å². The lowest BCUT2D eigenvalue weighted by atomic mass is 10.1. The van der Waals surface area contributed by atoms with E-state index < -0.39 is 10.0 Å². The number of hydrogen-bond acceptors (Lipinski definition) is 5. The van der Waals surface area contributed by atoms with Crippen molar-refractivity contribution >= 4 is 10.0 Å². The Kier molecular flexibility index (Phi) is 6.75. The van der Waals surface area contributed by atoms with E-state index in [9.17, 15) is 8.42 Å². The van der Waals surface area contributed by atoms with Crippen LogP contribution in [-0.2, 0) is 14.8 Å². The molecule has 1 fully saturated rings. The van der Waals surface area contributed by atoms with Gasteiger partial charge in [-0.2, -0.15) is 0 Å². The molecule has 0 saturated carbocycles. The monoisotopic (exact) mass is 327 g/mol. The highest BCUT2D eigenvalue weighted by Crippen LogP contribution is 2.20. The maximum absolute atomic E-state index is 12.0. The molecular formula is C15H25N3O3S. The van der Waals surface area contributed by atoms with Crippen LogP contribution in [0, 0.1) is 0 Å². The van der Waals surface area contributed by atoms with Crippen LogP contribution in [0.15, 0.2) is 24.5 Å². The van der Waals surface area contributed by atoms with Crippen LogP contribution in [0.4, 0.5) is 0 Å². The normalized spacial score (nSPS) is 18.2. The highest BCUT2D eigenvalue weighted by Gasteiger charge is 2.24. The summed E-state index contributed by atoms with van der Waals surface area (Å²) in [7, 11) is -3.21.